The minimum absolute atomic E-state index is 0.0535. The minimum atomic E-state index is -0.331. The molecule has 0 spiro atoms. The zero-order chi connectivity index (χ0) is 18.5. The summed E-state index contributed by atoms with van der Waals surface area (Å²) < 4.78 is 0. The fourth-order valence-electron chi connectivity index (χ4n) is 2.38. The van der Waals surface area contributed by atoms with Crippen LogP contribution in [0.15, 0.2) is 59.7 Å². The highest BCUT2D eigenvalue weighted by molar-refractivity contribution is 6.36. The third-order valence-corrected chi connectivity index (χ3v) is 4.16. The summed E-state index contributed by atoms with van der Waals surface area (Å²) in [4.78, 5) is 11.9. The van der Waals surface area contributed by atoms with Crippen LogP contribution in [0.25, 0.3) is 10.8 Å². The average molecular weight is 388 g/mol. The molecule has 0 saturated carbocycles. The molecule has 0 fully saturated rings. The molecule has 0 aliphatic carbocycles. The molecule has 0 saturated heterocycles. The Labute approximate surface area is 160 Å². The Balaban J connectivity index is 1.57. The number of phenols is 1. The van der Waals surface area contributed by atoms with Crippen LogP contribution in [0, 0.1) is 0 Å². The van der Waals surface area contributed by atoms with Crippen molar-refractivity contribution in [1.82, 2.24) is 5.43 Å². The van der Waals surface area contributed by atoms with Crippen LogP contribution in [0.5, 0.6) is 5.75 Å². The molecule has 0 aliphatic heterocycles. The first-order valence-electron chi connectivity index (χ1n) is 7.75. The van der Waals surface area contributed by atoms with E-state index in [1.54, 1.807) is 0 Å². The highest BCUT2D eigenvalue weighted by Crippen LogP contribution is 2.29. The van der Waals surface area contributed by atoms with Gasteiger partial charge in [-0.3, -0.25) is 4.79 Å². The van der Waals surface area contributed by atoms with E-state index in [2.05, 4.69) is 15.8 Å². The molecule has 5 nitrogen and oxygen atoms in total. The third kappa shape index (κ3) is 4.45. The van der Waals surface area contributed by atoms with Gasteiger partial charge in [-0.25, -0.2) is 5.43 Å². The van der Waals surface area contributed by atoms with E-state index in [0.717, 1.165) is 16.5 Å². The summed E-state index contributed by atoms with van der Waals surface area (Å²) in [5.74, 6) is -0.481. The number of anilines is 1. The standard InChI is InChI=1S/C19H15Cl2N3O2/c20-15-7-14(19(26)17(21)9-15)10-23-24-18(25)11-22-16-6-5-12-3-1-2-4-13(12)8-16/h1-10,22,26H,11H2,(H,24,25)/b23-10+. The summed E-state index contributed by atoms with van der Waals surface area (Å²) in [6, 6.07) is 16.7. The van der Waals surface area contributed by atoms with Crippen LogP contribution < -0.4 is 10.7 Å². The molecule has 7 heteroatoms. The van der Waals surface area contributed by atoms with Crippen LogP contribution in [-0.4, -0.2) is 23.8 Å². The van der Waals surface area contributed by atoms with Crippen molar-refractivity contribution in [2.45, 2.75) is 0 Å². The number of carbonyl (C=O) groups excluding carboxylic acids is 1. The Morgan fingerprint density at radius 2 is 1.85 bits per heavy atom. The molecule has 3 aromatic rings. The zero-order valence-electron chi connectivity index (χ0n) is 13.5. The summed E-state index contributed by atoms with van der Waals surface area (Å²) in [5, 5.41) is 19.4. The lowest BCUT2D eigenvalue weighted by molar-refractivity contribution is -0.119. The van der Waals surface area contributed by atoms with Gasteiger partial charge in [0.1, 0.15) is 5.75 Å². The lowest BCUT2D eigenvalue weighted by atomic mass is 10.1. The van der Waals surface area contributed by atoms with Gasteiger partial charge in [0.2, 0.25) is 0 Å². The zero-order valence-corrected chi connectivity index (χ0v) is 15.1. The van der Waals surface area contributed by atoms with Crippen LogP contribution in [0.4, 0.5) is 5.69 Å². The molecule has 3 aromatic carbocycles. The molecular formula is C19H15Cl2N3O2. The van der Waals surface area contributed by atoms with E-state index in [9.17, 15) is 9.90 Å². The Bertz CT molecular complexity index is 990. The van der Waals surface area contributed by atoms with Crippen molar-refractivity contribution in [2.75, 3.05) is 11.9 Å². The summed E-state index contributed by atoms with van der Waals surface area (Å²) >= 11 is 11.7. The second kappa shape index (κ2) is 8.08. The van der Waals surface area contributed by atoms with Crippen molar-refractivity contribution in [2.24, 2.45) is 5.10 Å². The van der Waals surface area contributed by atoms with Gasteiger partial charge >= 0.3 is 0 Å². The largest absolute Gasteiger partial charge is 0.506 e. The highest BCUT2D eigenvalue weighted by Gasteiger charge is 2.06. The first kappa shape index (κ1) is 18.0. The fraction of sp³-hybridized carbons (Fsp3) is 0.0526. The van der Waals surface area contributed by atoms with Crippen molar-refractivity contribution in [3.8, 4) is 5.75 Å². The molecule has 132 valence electrons. The van der Waals surface area contributed by atoms with Crippen molar-refractivity contribution in [3.63, 3.8) is 0 Å². The number of carbonyl (C=O) groups is 1. The number of halogens is 2. The van der Waals surface area contributed by atoms with E-state index >= 15 is 0 Å². The molecule has 0 unspecified atom stereocenters. The number of hydrogen-bond acceptors (Lipinski definition) is 4. The number of nitrogens with one attached hydrogen (secondary N) is 2. The van der Waals surface area contributed by atoms with Gasteiger partial charge in [-0.05, 0) is 35.0 Å². The van der Waals surface area contributed by atoms with Crippen LogP contribution in [0.3, 0.4) is 0 Å². The number of benzene rings is 3. The van der Waals surface area contributed by atoms with E-state index in [0.29, 0.717) is 10.6 Å². The van der Waals surface area contributed by atoms with Crippen LogP contribution in [0.1, 0.15) is 5.56 Å². The molecule has 0 aromatic heterocycles. The molecular weight excluding hydrogens is 373 g/mol. The molecule has 3 rings (SSSR count). The Kier molecular flexibility index (Phi) is 5.61. The van der Waals surface area contributed by atoms with E-state index in [4.69, 9.17) is 23.2 Å². The molecule has 26 heavy (non-hydrogen) atoms. The smallest absolute Gasteiger partial charge is 0.259 e. The molecule has 0 atom stereocenters. The van der Waals surface area contributed by atoms with Crippen LogP contribution in [-0.2, 0) is 4.79 Å². The number of phenolic OH excluding ortho intramolecular Hbond substituents is 1. The molecule has 0 bridgehead atoms. The Hall–Kier alpha value is -2.76. The van der Waals surface area contributed by atoms with E-state index < -0.39 is 0 Å². The van der Waals surface area contributed by atoms with Gasteiger partial charge in [-0.15, -0.1) is 0 Å². The summed E-state index contributed by atoms with van der Waals surface area (Å²) in [6.07, 6.45) is 1.28. The van der Waals surface area contributed by atoms with Gasteiger partial charge in [0.05, 0.1) is 17.8 Å². The number of aromatic hydroxyl groups is 1. The lowest BCUT2D eigenvalue weighted by Gasteiger charge is -2.07. The number of nitrogens with zero attached hydrogens (tertiary/aromatic N) is 1. The Morgan fingerprint density at radius 3 is 2.65 bits per heavy atom. The molecule has 0 aliphatic rings. The maximum Gasteiger partial charge on any atom is 0.259 e. The van der Waals surface area contributed by atoms with Gasteiger partial charge in [-0.1, -0.05) is 53.5 Å². The normalized spacial score (nSPS) is 11.0. The van der Waals surface area contributed by atoms with Crippen molar-refractivity contribution < 1.29 is 9.90 Å². The summed E-state index contributed by atoms with van der Waals surface area (Å²) in [6.45, 7) is 0.0535. The first-order valence-corrected chi connectivity index (χ1v) is 8.51. The first-order chi connectivity index (χ1) is 12.5. The highest BCUT2D eigenvalue weighted by atomic mass is 35.5. The van der Waals surface area contributed by atoms with Gasteiger partial charge < -0.3 is 10.4 Å². The maximum absolute atomic E-state index is 11.9. The monoisotopic (exact) mass is 387 g/mol. The second-order valence-corrected chi connectivity index (χ2v) is 6.38. The van der Waals surface area contributed by atoms with Crippen molar-refractivity contribution in [1.29, 1.82) is 0 Å². The van der Waals surface area contributed by atoms with Crippen molar-refractivity contribution in [3.05, 3.63) is 70.2 Å². The van der Waals surface area contributed by atoms with E-state index in [-0.39, 0.29) is 23.2 Å². The topological polar surface area (TPSA) is 73.7 Å². The Morgan fingerprint density at radius 1 is 1.08 bits per heavy atom. The van der Waals surface area contributed by atoms with E-state index in [1.807, 2.05) is 42.5 Å². The van der Waals surface area contributed by atoms with Gasteiger partial charge in [0.15, 0.2) is 0 Å². The number of fused-ring (bicyclic) bond motifs is 1. The maximum atomic E-state index is 11.9. The second-order valence-electron chi connectivity index (χ2n) is 5.53. The third-order valence-electron chi connectivity index (χ3n) is 3.65. The number of rotatable bonds is 5. The molecule has 3 N–H and O–H groups in total. The SMILES string of the molecule is O=C(CNc1ccc2ccccc2c1)N/N=C/c1cc(Cl)cc(Cl)c1O. The predicted molar refractivity (Wildman–Crippen MR) is 106 cm³/mol. The van der Waals surface area contributed by atoms with Gasteiger partial charge in [0.25, 0.3) is 5.91 Å². The number of hydrazone groups is 1. The van der Waals surface area contributed by atoms with Gasteiger partial charge in [0, 0.05) is 16.3 Å². The minimum Gasteiger partial charge on any atom is -0.506 e. The fourth-order valence-corrected chi connectivity index (χ4v) is 2.89. The average Bonchev–Trinajstić information content (AvgIpc) is 2.63. The molecule has 1 amide bonds. The lowest BCUT2D eigenvalue weighted by Crippen LogP contribution is -2.25. The quantitative estimate of drug-likeness (QED) is 0.448. The summed E-state index contributed by atoms with van der Waals surface area (Å²) in [7, 11) is 0. The van der Waals surface area contributed by atoms with Crippen LogP contribution in [0.2, 0.25) is 10.0 Å². The number of amides is 1. The van der Waals surface area contributed by atoms with Crippen LogP contribution >= 0.6 is 23.2 Å². The predicted octanol–water partition coefficient (Wildman–Crippen LogP) is 4.41. The number of hydrogen-bond donors (Lipinski definition) is 3. The molecule has 0 radical (unpaired) electrons. The van der Waals surface area contributed by atoms with E-state index in [1.165, 1.54) is 18.3 Å². The van der Waals surface area contributed by atoms with Crippen molar-refractivity contribution >= 4 is 51.8 Å². The molecule has 0 heterocycles. The summed E-state index contributed by atoms with van der Waals surface area (Å²) in [5.41, 5.74) is 3.52. The van der Waals surface area contributed by atoms with Gasteiger partial charge in [-0.2, -0.15) is 5.10 Å².